The fourth-order valence-electron chi connectivity index (χ4n) is 3.55. The zero-order valence-corrected chi connectivity index (χ0v) is 18.0. The van der Waals surface area contributed by atoms with Gasteiger partial charge in [-0.05, 0) is 31.3 Å². The zero-order chi connectivity index (χ0) is 20.4. The highest BCUT2D eigenvalue weighted by atomic mass is 79.9. The highest BCUT2D eigenvalue weighted by Crippen LogP contribution is 2.36. The minimum absolute atomic E-state index is 0.0699. The van der Waals surface area contributed by atoms with Crippen LogP contribution >= 0.6 is 15.9 Å². The number of benzene rings is 2. The van der Waals surface area contributed by atoms with Crippen molar-refractivity contribution >= 4 is 43.9 Å². The Balaban J connectivity index is 1.71. The van der Waals surface area contributed by atoms with Crippen molar-refractivity contribution in [3.05, 3.63) is 58.1 Å². The molecule has 150 valence electrons. The van der Waals surface area contributed by atoms with Gasteiger partial charge in [0.1, 0.15) is 18.0 Å². The molecule has 0 saturated carbocycles. The van der Waals surface area contributed by atoms with Crippen LogP contribution in [-0.4, -0.2) is 52.7 Å². The summed E-state index contributed by atoms with van der Waals surface area (Å²) < 4.78 is 0.933. The Morgan fingerprint density at radius 3 is 2.76 bits per heavy atom. The number of rotatable bonds is 7. The number of aromatic nitrogens is 1. The smallest absolute Gasteiger partial charge is 0.199 e. The number of H-pyrrole nitrogens is 1. The highest BCUT2D eigenvalue weighted by Gasteiger charge is 2.29. The fourth-order valence-corrected chi connectivity index (χ4v) is 3.92. The molecule has 6 nitrogen and oxygen atoms in total. The molecule has 1 aliphatic heterocycles. The Morgan fingerprint density at radius 2 is 1.97 bits per heavy atom. The molecule has 0 radical (unpaired) electrons. The van der Waals surface area contributed by atoms with Gasteiger partial charge in [0.15, 0.2) is 5.88 Å². The van der Waals surface area contributed by atoms with Crippen molar-refractivity contribution < 1.29 is 9.94 Å². The van der Waals surface area contributed by atoms with Gasteiger partial charge in [-0.1, -0.05) is 59.2 Å². The molecular formula is C22H23BrN4O2. The normalized spacial score (nSPS) is 14.6. The van der Waals surface area contributed by atoms with Gasteiger partial charge in [0, 0.05) is 22.0 Å². The maximum atomic E-state index is 10.6. The maximum absolute atomic E-state index is 10.6. The molecule has 0 bridgehead atoms. The van der Waals surface area contributed by atoms with Crippen LogP contribution in [0.4, 0.5) is 5.69 Å². The summed E-state index contributed by atoms with van der Waals surface area (Å²) >= 11 is 3.47. The maximum Gasteiger partial charge on any atom is 0.199 e. The van der Waals surface area contributed by atoms with Crippen molar-refractivity contribution in [3.8, 4) is 5.88 Å². The van der Waals surface area contributed by atoms with Crippen molar-refractivity contribution in [1.82, 2.24) is 9.88 Å². The van der Waals surface area contributed by atoms with E-state index in [1.807, 2.05) is 42.5 Å². The number of fused-ring (bicyclic) bond motifs is 2. The Hall–Kier alpha value is -2.64. The van der Waals surface area contributed by atoms with Gasteiger partial charge in [-0.25, -0.2) is 4.99 Å². The Kier molecular flexibility index (Phi) is 5.69. The van der Waals surface area contributed by atoms with Gasteiger partial charge in [-0.3, -0.25) is 0 Å². The summed E-state index contributed by atoms with van der Waals surface area (Å²) in [5.41, 5.74) is 4.43. The molecule has 0 amide bonds. The highest BCUT2D eigenvalue weighted by molar-refractivity contribution is 9.10. The summed E-state index contributed by atoms with van der Waals surface area (Å²) in [5.74, 6) is 0.0699. The van der Waals surface area contributed by atoms with Gasteiger partial charge in [-0.2, -0.15) is 0 Å². The van der Waals surface area contributed by atoms with Crippen molar-refractivity contribution in [2.45, 2.75) is 13.8 Å². The third-order valence-electron chi connectivity index (χ3n) is 5.14. The van der Waals surface area contributed by atoms with Crippen LogP contribution in [0.1, 0.15) is 25.0 Å². The number of oxime groups is 1. The first-order valence-corrected chi connectivity index (χ1v) is 10.5. The number of hydrogen-bond acceptors (Lipinski definition) is 5. The quantitative estimate of drug-likeness (QED) is 0.396. The van der Waals surface area contributed by atoms with Crippen molar-refractivity contribution in [1.29, 1.82) is 0 Å². The predicted molar refractivity (Wildman–Crippen MR) is 121 cm³/mol. The predicted octanol–water partition coefficient (Wildman–Crippen LogP) is 4.83. The molecule has 29 heavy (non-hydrogen) atoms. The van der Waals surface area contributed by atoms with E-state index in [2.05, 4.69) is 44.8 Å². The summed E-state index contributed by atoms with van der Waals surface area (Å²) in [6.07, 6.45) is 0. The first-order valence-electron chi connectivity index (χ1n) is 9.73. The lowest BCUT2D eigenvalue weighted by atomic mass is 10.0. The molecule has 0 fully saturated rings. The second-order valence-electron chi connectivity index (χ2n) is 6.82. The first kappa shape index (κ1) is 19.7. The first-order chi connectivity index (χ1) is 14.1. The number of aromatic amines is 1. The average Bonchev–Trinajstić information content (AvgIpc) is 3.24. The SMILES string of the molecule is CCN(CC)CCO/N=C1/C(c2c(O)[nH]c3cc(Br)ccc23)=Nc2ccccc21. The molecule has 7 heteroatoms. The zero-order valence-electron chi connectivity index (χ0n) is 16.4. The van der Waals surface area contributed by atoms with E-state index in [9.17, 15) is 5.11 Å². The van der Waals surface area contributed by atoms with Crippen molar-refractivity contribution in [2.24, 2.45) is 10.1 Å². The van der Waals surface area contributed by atoms with Gasteiger partial charge < -0.3 is 19.8 Å². The lowest BCUT2D eigenvalue weighted by Crippen LogP contribution is -2.26. The molecular weight excluding hydrogens is 432 g/mol. The summed E-state index contributed by atoms with van der Waals surface area (Å²) in [5, 5.41) is 16.0. The number of aromatic hydroxyl groups is 1. The van der Waals surface area contributed by atoms with Crippen LogP contribution in [0.15, 0.2) is 57.1 Å². The van der Waals surface area contributed by atoms with E-state index in [1.54, 1.807) is 0 Å². The van der Waals surface area contributed by atoms with Crippen LogP contribution in [0.3, 0.4) is 0 Å². The van der Waals surface area contributed by atoms with Crippen LogP contribution < -0.4 is 0 Å². The van der Waals surface area contributed by atoms with E-state index in [-0.39, 0.29) is 5.88 Å². The van der Waals surface area contributed by atoms with E-state index in [1.165, 1.54) is 0 Å². The molecule has 2 heterocycles. The minimum atomic E-state index is 0.0699. The molecule has 1 aliphatic rings. The van der Waals surface area contributed by atoms with E-state index < -0.39 is 0 Å². The Bertz CT molecular complexity index is 1100. The fraction of sp³-hybridized carbons (Fsp3) is 0.273. The summed E-state index contributed by atoms with van der Waals surface area (Å²) in [7, 11) is 0. The van der Waals surface area contributed by atoms with Crippen molar-refractivity contribution in [2.75, 3.05) is 26.2 Å². The average molecular weight is 455 g/mol. The molecule has 3 aromatic rings. The number of likely N-dealkylation sites (N-methyl/N-ethyl adjacent to an activating group) is 1. The second-order valence-corrected chi connectivity index (χ2v) is 7.73. The van der Waals surface area contributed by atoms with Gasteiger partial charge in [0.2, 0.25) is 0 Å². The minimum Gasteiger partial charge on any atom is -0.494 e. The molecule has 2 aromatic carbocycles. The number of aliphatic imine (C=N–C) groups is 1. The van der Waals surface area contributed by atoms with Crippen molar-refractivity contribution in [3.63, 3.8) is 0 Å². The lowest BCUT2D eigenvalue weighted by molar-refractivity contribution is 0.115. The van der Waals surface area contributed by atoms with Crippen LogP contribution in [0.25, 0.3) is 10.9 Å². The van der Waals surface area contributed by atoms with Gasteiger partial charge in [0.25, 0.3) is 0 Å². The summed E-state index contributed by atoms with van der Waals surface area (Å²) in [6.45, 7) is 7.52. The number of para-hydroxylation sites is 1. The summed E-state index contributed by atoms with van der Waals surface area (Å²) in [6, 6.07) is 13.6. The topological polar surface area (TPSA) is 73.2 Å². The largest absolute Gasteiger partial charge is 0.494 e. The van der Waals surface area contributed by atoms with Gasteiger partial charge in [-0.15, -0.1) is 0 Å². The molecule has 0 atom stereocenters. The van der Waals surface area contributed by atoms with Gasteiger partial charge >= 0.3 is 0 Å². The molecule has 0 saturated heterocycles. The Labute approximate surface area is 178 Å². The molecule has 0 unspecified atom stereocenters. The van der Waals surface area contributed by atoms with Gasteiger partial charge in [0.05, 0.1) is 16.8 Å². The van der Waals surface area contributed by atoms with E-state index in [0.29, 0.717) is 23.6 Å². The number of nitrogens with one attached hydrogen (secondary N) is 1. The van der Waals surface area contributed by atoms with E-state index in [4.69, 9.17) is 9.83 Å². The van der Waals surface area contributed by atoms with E-state index >= 15 is 0 Å². The second kappa shape index (κ2) is 8.39. The monoisotopic (exact) mass is 454 g/mol. The third-order valence-corrected chi connectivity index (χ3v) is 5.64. The number of halogens is 1. The Morgan fingerprint density at radius 1 is 1.17 bits per heavy atom. The molecule has 4 rings (SSSR count). The van der Waals surface area contributed by atoms with E-state index in [0.717, 1.165) is 46.3 Å². The number of nitrogens with zero attached hydrogens (tertiary/aromatic N) is 3. The molecule has 1 aromatic heterocycles. The molecule has 0 aliphatic carbocycles. The molecule has 0 spiro atoms. The summed E-state index contributed by atoms with van der Waals surface area (Å²) in [4.78, 5) is 15.7. The van der Waals surface area contributed by atoms with Crippen LogP contribution in [0.2, 0.25) is 0 Å². The van der Waals surface area contributed by atoms with Crippen LogP contribution in [0.5, 0.6) is 5.88 Å². The van der Waals surface area contributed by atoms with Crippen LogP contribution in [-0.2, 0) is 4.84 Å². The van der Waals surface area contributed by atoms with Crippen LogP contribution in [0, 0.1) is 0 Å². The standard InChI is InChI=1S/C22H23BrN4O2/c1-3-27(4-2)11-12-29-26-20-16-7-5-6-8-17(16)24-21(20)19-15-10-9-14(23)13-18(15)25-22(19)28/h5-10,13,25,28H,3-4,11-12H2,1-2H3/b26-20+. The number of hydrogen-bond donors (Lipinski definition) is 2. The third kappa shape index (κ3) is 3.80. The molecule has 2 N–H and O–H groups in total. The lowest BCUT2D eigenvalue weighted by Gasteiger charge is -2.16.